The second-order valence-corrected chi connectivity index (χ2v) is 4.34. The summed E-state index contributed by atoms with van der Waals surface area (Å²) in [7, 11) is 0. The summed E-state index contributed by atoms with van der Waals surface area (Å²) in [5.41, 5.74) is 0. The Labute approximate surface area is 96.0 Å². The van der Waals surface area contributed by atoms with Gasteiger partial charge in [0.05, 0.1) is 12.2 Å². The molecule has 0 spiro atoms. The molecule has 2 rings (SSSR count). The number of nitrogens with one attached hydrogen (secondary N) is 1. The molecule has 2 aromatic heterocycles. The number of pyridine rings is 1. The molecule has 0 aliphatic heterocycles. The van der Waals surface area contributed by atoms with Crippen LogP contribution < -0.4 is 5.32 Å². The van der Waals surface area contributed by atoms with Crippen LogP contribution in [0.1, 0.15) is 17.8 Å². The molecule has 84 valence electrons. The molecule has 1 unspecified atom stereocenters. The average molecular weight is 240 g/mol. The van der Waals surface area contributed by atoms with Crippen molar-refractivity contribution in [3.63, 3.8) is 0 Å². The summed E-state index contributed by atoms with van der Waals surface area (Å²) in [6.45, 7) is 1.90. The molecule has 0 aliphatic carbocycles. The van der Waals surface area contributed by atoms with Crippen molar-refractivity contribution in [2.24, 2.45) is 0 Å². The van der Waals surface area contributed by atoms with E-state index < -0.39 is 11.6 Å². The summed E-state index contributed by atoms with van der Waals surface area (Å²) in [5.74, 6) is -1.28. The van der Waals surface area contributed by atoms with E-state index in [1.165, 1.54) is 0 Å². The Morgan fingerprint density at radius 3 is 2.88 bits per heavy atom. The highest BCUT2D eigenvalue weighted by molar-refractivity contribution is 7.10. The number of anilines is 1. The molecule has 2 nitrogen and oxygen atoms in total. The molecule has 5 heteroatoms. The van der Waals surface area contributed by atoms with E-state index in [1.807, 2.05) is 24.4 Å². The standard InChI is InChI=1S/C11H10F2N2S/c1-7(10-3-2-4-16-10)15-11-9(13)5-8(12)6-14-11/h2-7H,1H3,(H,14,15). The van der Waals surface area contributed by atoms with Crippen molar-refractivity contribution in [2.75, 3.05) is 5.32 Å². The first-order valence-corrected chi connectivity index (χ1v) is 5.66. The predicted molar refractivity (Wildman–Crippen MR) is 60.5 cm³/mol. The van der Waals surface area contributed by atoms with Crippen molar-refractivity contribution >= 4 is 17.2 Å². The maximum absolute atomic E-state index is 13.3. The first-order chi connectivity index (χ1) is 7.66. The monoisotopic (exact) mass is 240 g/mol. The number of rotatable bonds is 3. The fraction of sp³-hybridized carbons (Fsp3) is 0.182. The lowest BCUT2D eigenvalue weighted by Crippen LogP contribution is -2.08. The molecule has 2 aromatic rings. The second-order valence-electron chi connectivity index (χ2n) is 3.37. The van der Waals surface area contributed by atoms with Crippen molar-refractivity contribution < 1.29 is 8.78 Å². The summed E-state index contributed by atoms with van der Waals surface area (Å²) >= 11 is 1.57. The Bertz CT molecular complexity index is 471. The van der Waals surface area contributed by atoms with E-state index in [0.29, 0.717) is 0 Å². The first-order valence-electron chi connectivity index (χ1n) is 4.78. The zero-order valence-corrected chi connectivity index (χ0v) is 9.39. The van der Waals surface area contributed by atoms with Crippen LogP contribution in [0, 0.1) is 11.6 Å². The van der Waals surface area contributed by atoms with E-state index in [2.05, 4.69) is 10.3 Å². The van der Waals surface area contributed by atoms with Gasteiger partial charge in [0.25, 0.3) is 0 Å². The fourth-order valence-corrected chi connectivity index (χ4v) is 2.07. The number of nitrogens with zero attached hydrogens (tertiary/aromatic N) is 1. The van der Waals surface area contributed by atoms with Crippen LogP contribution in [-0.2, 0) is 0 Å². The van der Waals surface area contributed by atoms with Gasteiger partial charge in [0.15, 0.2) is 11.6 Å². The molecule has 0 saturated heterocycles. The van der Waals surface area contributed by atoms with Crippen molar-refractivity contribution in [1.29, 1.82) is 0 Å². The number of thiophene rings is 1. The molecule has 0 fully saturated rings. The second kappa shape index (κ2) is 4.57. The summed E-state index contributed by atoms with van der Waals surface area (Å²) in [5, 5.41) is 4.84. The minimum absolute atomic E-state index is 0.0486. The minimum atomic E-state index is -0.677. The molecule has 0 aromatic carbocycles. The van der Waals surface area contributed by atoms with Gasteiger partial charge < -0.3 is 5.32 Å². The fourth-order valence-electron chi connectivity index (χ4n) is 1.33. The van der Waals surface area contributed by atoms with Gasteiger partial charge >= 0.3 is 0 Å². The van der Waals surface area contributed by atoms with Crippen LogP contribution in [0.4, 0.5) is 14.6 Å². The molecular weight excluding hydrogens is 230 g/mol. The zero-order chi connectivity index (χ0) is 11.5. The molecule has 2 heterocycles. The zero-order valence-electron chi connectivity index (χ0n) is 8.58. The van der Waals surface area contributed by atoms with E-state index in [1.54, 1.807) is 11.3 Å². The minimum Gasteiger partial charge on any atom is -0.360 e. The lowest BCUT2D eigenvalue weighted by Gasteiger charge is -2.13. The topological polar surface area (TPSA) is 24.9 Å². The van der Waals surface area contributed by atoms with Gasteiger partial charge in [-0.3, -0.25) is 0 Å². The first kappa shape index (κ1) is 11.0. The van der Waals surface area contributed by atoms with E-state index in [9.17, 15) is 8.78 Å². The number of hydrogen-bond acceptors (Lipinski definition) is 3. The maximum atomic E-state index is 13.3. The third-order valence-electron chi connectivity index (χ3n) is 2.13. The quantitative estimate of drug-likeness (QED) is 0.886. The van der Waals surface area contributed by atoms with Crippen molar-refractivity contribution in [2.45, 2.75) is 13.0 Å². The maximum Gasteiger partial charge on any atom is 0.168 e. The van der Waals surface area contributed by atoms with E-state index in [4.69, 9.17) is 0 Å². The SMILES string of the molecule is CC(Nc1ncc(F)cc1F)c1cccs1. The molecule has 0 amide bonds. The third-order valence-corrected chi connectivity index (χ3v) is 3.19. The van der Waals surface area contributed by atoms with Gasteiger partial charge in [0.2, 0.25) is 0 Å². The summed E-state index contributed by atoms with van der Waals surface area (Å²) in [6, 6.07) is 4.64. The highest BCUT2D eigenvalue weighted by Crippen LogP contribution is 2.23. The van der Waals surface area contributed by atoms with Crippen LogP contribution in [0.2, 0.25) is 0 Å². The molecule has 1 atom stereocenters. The van der Waals surface area contributed by atoms with Gasteiger partial charge in [0, 0.05) is 10.9 Å². The number of hydrogen-bond donors (Lipinski definition) is 1. The Morgan fingerprint density at radius 2 is 2.25 bits per heavy atom. The van der Waals surface area contributed by atoms with Crippen LogP contribution >= 0.6 is 11.3 Å². The Balaban J connectivity index is 2.15. The van der Waals surface area contributed by atoms with Crippen LogP contribution in [0.15, 0.2) is 29.8 Å². The molecule has 1 N–H and O–H groups in total. The van der Waals surface area contributed by atoms with Crippen LogP contribution in [0.3, 0.4) is 0 Å². The molecule has 0 aliphatic rings. The highest BCUT2D eigenvalue weighted by Gasteiger charge is 2.10. The number of halogens is 2. The van der Waals surface area contributed by atoms with Gasteiger partial charge in [-0.05, 0) is 18.4 Å². The molecule has 0 radical (unpaired) electrons. The molecule has 0 bridgehead atoms. The van der Waals surface area contributed by atoms with Gasteiger partial charge in [-0.1, -0.05) is 6.07 Å². The Morgan fingerprint density at radius 1 is 1.44 bits per heavy atom. The predicted octanol–water partition coefficient (Wildman–Crippen LogP) is 3.59. The summed E-state index contributed by atoms with van der Waals surface area (Å²) < 4.78 is 25.9. The van der Waals surface area contributed by atoms with Crippen molar-refractivity contribution in [1.82, 2.24) is 4.98 Å². The largest absolute Gasteiger partial charge is 0.360 e. The van der Waals surface area contributed by atoms with Gasteiger partial charge in [-0.2, -0.15) is 0 Å². The lowest BCUT2D eigenvalue weighted by molar-refractivity contribution is 0.574. The van der Waals surface area contributed by atoms with E-state index >= 15 is 0 Å². The normalized spacial score (nSPS) is 12.4. The Hall–Kier alpha value is -1.49. The van der Waals surface area contributed by atoms with Crippen LogP contribution in [0.25, 0.3) is 0 Å². The molecule has 16 heavy (non-hydrogen) atoms. The molecule has 0 saturated carbocycles. The van der Waals surface area contributed by atoms with Crippen LogP contribution in [0.5, 0.6) is 0 Å². The van der Waals surface area contributed by atoms with Gasteiger partial charge in [-0.25, -0.2) is 13.8 Å². The van der Waals surface area contributed by atoms with Gasteiger partial charge in [0.1, 0.15) is 5.82 Å². The van der Waals surface area contributed by atoms with Crippen LogP contribution in [-0.4, -0.2) is 4.98 Å². The smallest absolute Gasteiger partial charge is 0.168 e. The number of aromatic nitrogens is 1. The van der Waals surface area contributed by atoms with Crippen molar-refractivity contribution in [3.8, 4) is 0 Å². The van der Waals surface area contributed by atoms with Crippen molar-refractivity contribution in [3.05, 3.63) is 46.3 Å². The van der Waals surface area contributed by atoms with E-state index in [0.717, 1.165) is 17.1 Å². The van der Waals surface area contributed by atoms with E-state index in [-0.39, 0.29) is 11.9 Å². The highest BCUT2D eigenvalue weighted by atomic mass is 32.1. The molecular formula is C11H10F2N2S. The third kappa shape index (κ3) is 2.36. The average Bonchev–Trinajstić information content (AvgIpc) is 2.75. The lowest BCUT2D eigenvalue weighted by atomic mass is 10.2. The summed E-state index contributed by atoms with van der Waals surface area (Å²) in [6.07, 6.45) is 0.993. The Kier molecular flexibility index (Phi) is 3.14. The van der Waals surface area contributed by atoms with Gasteiger partial charge in [-0.15, -0.1) is 11.3 Å². The summed E-state index contributed by atoms with van der Waals surface area (Å²) in [4.78, 5) is 4.75.